The summed E-state index contributed by atoms with van der Waals surface area (Å²) in [5.74, 6) is -0.524. The largest absolute Gasteiger partial charge is 0.329 e. The third-order valence-corrected chi connectivity index (χ3v) is 6.15. The highest BCUT2D eigenvalue weighted by Gasteiger charge is 2.21. The van der Waals surface area contributed by atoms with Crippen LogP contribution in [0.5, 0.6) is 0 Å². The molecule has 3 rings (SSSR count). The number of rotatable bonds is 5. The number of halogens is 1. The Balaban J connectivity index is 1.98. The van der Waals surface area contributed by atoms with Gasteiger partial charge in [0.05, 0.1) is 10.6 Å². The maximum absolute atomic E-state index is 12.9. The van der Waals surface area contributed by atoms with Crippen LogP contribution in [0, 0.1) is 0 Å². The van der Waals surface area contributed by atoms with Gasteiger partial charge in [0.2, 0.25) is 5.56 Å². The summed E-state index contributed by atoms with van der Waals surface area (Å²) >= 11 is 6.03. The zero-order valence-electron chi connectivity index (χ0n) is 16.7. The fourth-order valence-corrected chi connectivity index (χ4v) is 4.12. The highest BCUT2D eigenvalue weighted by atomic mass is 35.5. The second-order valence-corrected chi connectivity index (χ2v) is 9.96. The molecular weight excluding hydrogens is 424 g/mol. The number of carbonyl (C=O) groups is 1. The van der Waals surface area contributed by atoms with Crippen LogP contribution in [-0.4, -0.2) is 19.2 Å². The number of anilines is 1. The Labute approximate surface area is 180 Å². The summed E-state index contributed by atoms with van der Waals surface area (Å²) in [6.45, 7) is 6.11. The quantitative estimate of drug-likeness (QED) is 0.571. The van der Waals surface area contributed by atoms with Gasteiger partial charge in [0.15, 0.2) is 5.78 Å². The summed E-state index contributed by atoms with van der Waals surface area (Å²) < 4.78 is 28.3. The number of hydrogen-bond donors (Lipinski definition) is 2. The van der Waals surface area contributed by atoms with E-state index in [9.17, 15) is 18.0 Å². The molecule has 0 saturated heterocycles. The van der Waals surface area contributed by atoms with Gasteiger partial charge in [-0.15, -0.1) is 0 Å². The molecule has 0 atom stereocenters. The molecule has 3 aromatic rings. The molecule has 2 aromatic carbocycles. The van der Waals surface area contributed by atoms with Crippen molar-refractivity contribution in [1.29, 1.82) is 0 Å². The molecule has 1 aromatic heterocycles. The van der Waals surface area contributed by atoms with Crippen molar-refractivity contribution in [2.45, 2.75) is 31.1 Å². The van der Waals surface area contributed by atoms with E-state index in [0.29, 0.717) is 0 Å². The minimum absolute atomic E-state index is 0.0444. The van der Waals surface area contributed by atoms with E-state index in [-0.39, 0.29) is 32.1 Å². The maximum atomic E-state index is 12.9. The van der Waals surface area contributed by atoms with Crippen LogP contribution in [0.15, 0.2) is 70.5 Å². The van der Waals surface area contributed by atoms with Crippen LogP contribution >= 0.6 is 11.6 Å². The number of carbonyl (C=O) groups excluding carboxylic acids is 1. The van der Waals surface area contributed by atoms with Crippen LogP contribution in [0.25, 0.3) is 0 Å². The van der Waals surface area contributed by atoms with Crippen LogP contribution in [0.2, 0.25) is 5.02 Å². The van der Waals surface area contributed by atoms with Gasteiger partial charge in [0.25, 0.3) is 10.0 Å². The van der Waals surface area contributed by atoms with Crippen LogP contribution < -0.4 is 10.3 Å². The molecule has 0 spiro atoms. The molecule has 156 valence electrons. The van der Waals surface area contributed by atoms with E-state index in [2.05, 4.69) is 9.71 Å². The number of hydrogen-bond acceptors (Lipinski definition) is 4. The number of sulfonamides is 1. The fraction of sp³-hybridized carbons (Fsp3) is 0.182. The molecule has 0 radical (unpaired) electrons. The van der Waals surface area contributed by atoms with Gasteiger partial charge in [-0.05, 0) is 47.4 Å². The lowest BCUT2D eigenvalue weighted by Crippen LogP contribution is -2.17. The average Bonchev–Trinajstić information content (AvgIpc) is 2.68. The Morgan fingerprint density at radius 2 is 1.67 bits per heavy atom. The normalized spacial score (nSPS) is 11.9. The summed E-state index contributed by atoms with van der Waals surface area (Å²) in [4.78, 5) is 26.9. The first-order valence-corrected chi connectivity index (χ1v) is 11.0. The van der Waals surface area contributed by atoms with Crippen molar-refractivity contribution in [2.75, 3.05) is 4.72 Å². The zero-order chi connectivity index (χ0) is 22.1. The Bertz CT molecular complexity index is 1260. The topological polar surface area (TPSA) is 96.1 Å². The van der Waals surface area contributed by atoms with Crippen LogP contribution in [-0.2, 0) is 15.4 Å². The third-order valence-electron chi connectivity index (χ3n) is 4.54. The van der Waals surface area contributed by atoms with E-state index in [1.54, 1.807) is 12.1 Å². The van der Waals surface area contributed by atoms with E-state index in [1.807, 2.05) is 20.8 Å². The molecule has 8 heteroatoms. The molecule has 2 N–H and O–H groups in total. The highest BCUT2D eigenvalue weighted by molar-refractivity contribution is 7.92. The summed E-state index contributed by atoms with van der Waals surface area (Å²) in [5, 5.41) is 0.265. The first-order chi connectivity index (χ1) is 14.0. The lowest BCUT2D eigenvalue weighted by molar-refractivity contribution is 0.103. The van der Waals surface area contributed by atoms with Gasteiger partial charge in [-0.25, -0.2) is 8.42 Å². The van der Waals surface area contributed by atoms with Gasteiger partial charge in [0.1, 0.15) is 0 Å². The predicted molar refractivity (Wildman–Crippen MR) is 118 cm³/mol. The number of ketones is 1. The predicted octanol–water partition coefficient (Wildman–Crippen LogP) is 4.36. The second kappa shape index (κ2) is 8.08. The molecule has 1 heterocycles. The number of benzene rings is 2. The SMILES string of the molecule is CC(C)(C)c1ccc(S(=O)(=O)Nc2ccc(Cl)cc2C(=O)c2cc[nH]c(=O)c2)cc1. The van der Waals surface area contributed by atoms with Gasteiger partial charge >= 0.3 is 0 Å². The molecule has 0 fully saturated rings. The standard InChI is InChI=1S/C22H21ClN2O4S/c1-22(2,3)15-4-7-17(8-5-15)30(28,29)25-19-9-6-16(23)13-18(19)21(27)14-10-11-24-20(26)12-14/h4-13,25H,1-3H3,(H,24,26). The van der Waals surface area contributed by atoms with Crippen molar-refractivity contribution in [2.24, 2.45) is 0 Å². The number of nitrogens with one attached hydrogen (secondary N) is 2. The van der Waals surface area contributed by atoms with Crippen LogP contribution in [0.1, 0.15) is 42.3 Å². The zero-order valence-corrected chi connectivity index (χ0v) is 18.3. The third kappa shape index (κ3) is 4.80. The molecule has 30 heavy (non-hydrogen) atoms. The fourth-order valence-electron chi connectivity index (χ4n) is 2.87. The van der Waals surface area contributed by atoms with E-state index in [4.69, 9.17) is 11.6 Å². The van der Waals surface area contributed by atoms with Crippen LogP contribution in [0.3, 0.4) is 0 Å². The lowest BCUT2D eigenvalue weighted by atomic mass is 9.87. The monoisotopic (exact) mass is 444 g/mol. The molecule has 6 nitrogen and oxygen atoms in total. The van der Waals surface area contributed by atoms with Gasteiger partial charge in [-0.1, -0.05) is 44.5 Å². The first kappa shape index (κ1) is 21.8. The molecule has 0 aliphatic rings. The van der Waals surface area contributed by atoms with Crippen LogP contribution in [0.4, 0.5) is 5.69 Å². The summed E-state index contributed by atoms with van der Waals surface area (Å²) in [6, 6.07) is 13.4. The molecule has 0 bridgehead atoms. The minimum Gasteiger partial charge on any atom is -0.329 e. The lowest BCUT2D eigenvalue weighted by Gasteiger charge is -2.19. The van der Waals surface area contributed by atoms with Crippen molar-refractivity contribution in [3.63, 3.8) is 0 Å². The van der Waals surface area contributed by atoms with Crippen molar-refractivity contribution in [3.8, 4) is 0 Å². The molecule has 0 aliphatic heterocycles. The van der Waals surface area contributed by atoms with Crippen molar-refractivity contribution < 1.29 is 13.2 Å². The van der Waals surface area contributed by atoms with Gasteiger partial charge in [-0.2, -0.15) is 0 Å². The van der Waals surface area contributed by atoms with Crippen molar-refractivity contribution in [1.82, 2.24) is 4.98 Å². The Hall–Kier alpha value is -2.90. The van der Waals surface area contributed by atoms with Gasteiger partial charge in [-0.3, -0.25) is 14.3 Å². The minimum atomic E-state index is -3.95. The number of H-pyrrole nitrogens is 1. The maximum Gasteiger partial charge on any atom is 0.261 e. The number of aromatic nitrogens is 1. The first-order valence-electron chi connectivity index (χ1n) is 9.14. The van der Waals surface area contributed by atoms with Gasteiger partial charge in [0, 0.05) is 28.4 Å². The van der Waals surface area contributed by atoms with E-state index in [1.165, 1.54) is 42.6 Å². The Morgan fingerprint density at radius 1 is 1.00 bits per heavy atom. The number of pyridine rings is 1. The Kier molecular flexibility index (Phi) is 5.87. The number of aromatic amines is 1. The van der Waals surface area contributed by atoms with E-state index in [0.717, 1.165) is 11.6 Å². The van der Waals surface area contributed by atoms with E-state index < -0.39 is 21.4 Å². The smallest absolute Gasteiger partial charge is 0.261 e. The summed E-state index contributed by atoms with van der Waals surface area (Å²) in [6.07, 6.45) is 1.35. The Morgan fingerprint density at radius 3 is 2.27 bits per heavy atom. The van der Waals surface area contributed by atoms with Crippen molar-refractivity contribution in [3.05, 3.63) is 92.9 Å². The van der Waals surface area contributed by atoms with E-state index >= 15 is 0 Å². The van der Waals surface area contributed by atoms with Gasteiger partial charge < -0.3 is 4.98 Å². The molecule has 0 aliphatic carbocycles. The molecule has 0 saturated carbocycles. The average molecular weight is 445 g/mol. The molecular formula is C22H21ClN2O4S. The van der Waals surface area contributed by atoms with Crippen molar-refractivity contribution >= 4 is 33.1 Å². The summed E-state index contributed by atoms with van der Waals surface area (Å²) in [7, 11) is -3.95. The summed E-state index contributed by atoms with van der Waals surface area (Å²) in [5.41, 5.74) is 0.685. The molecule has 0 unspecified atom stereocenters. The highest BCUT2D eigenvalue weighted by Crippen LogP contribution is 2.27. The molecule has 0 amide bonds. The second-order valence-electron chi connectivity index (χ2n) is 7.84.